The summed E-state index contributed by atoms with van der Waals surface area (Å²) in [6, 6.07) is 9.88. The second-order valence-electron chi connectivity index (χ2n) is 5.11. The molecule has 2 rings (SSSR count). The molecule has 2 heteroatoms. The number of hydrogen-bond acceptors (Lipinski definition) is 2. The van der Waals surface area contributed by atoms with Gasteiger partial charge in [0.05, 0.1) is 7.11 Å². The summed E-state index contributed by atoms with van der Waals surface area (Å²) in [6.07, 6.45) is 3.76. The first-order valence-electron chi connectivity index (χ1n) is 6.63. The lowest BCUT2D eigenvalue weighted by molar-refractivity contribution is 0.267. The average molecular weight is 233 g/mol. The molecule has 0 bridgehead atoms. The van der Waals surface area contributed by atoms with Gasteiger partial charge in [-0.25, -0.2) is 0 Å². The monoisotopic (exact) mass is 233 g/mol. The molecule has 1 fully saturated rings. The predicted molar refractivity (Wildman–Crippen MR) is 71.6 cm³/mol. The maximum atomic E-state index is 5.18. The van der Waals surface area contributed by atoms with Gasteiger partial charge in [0.2, 0.25) is 0 Å². The van der Waals surface area contributed by atoms with Crippen molar-refractivity contribution in [3.05, 3.63) is 29.8 Å². The van der Waals surface area contributed by atoms with E-state index in [1.54, 1.807) is 7.11 Å². The summed E-state index contributed by atoms with van der Waals surface area (Å²) in [6.45, 7) is 4.50. The molecule has 0 spiro atoms. The Balaban J connectivity index is 1.82. The number of rotatable bonds is 5. The molecule has 1 unspecified atom stereocenters. The van der Waals surface area contributed by atoms with E-state index in [9.17, 15) is 0 Å². The average Bonchev–Trinajstić information content (AvgIpc) is 2.33. The van der Waals surface area contributed by atoms with E-state index in [2.05, 4.69) is 43.4 Å². The molecular weight excluding hydrogens is 210 g/mol. The van der Waals surface area contributed by atoms with Crippen molar-refractivity contribution in [1.82, 2.24) is 5.32 Å². The van der Waals surface area contributed by atoms with Crippen molar-refractivity contribution in [2.24, 2.45) is 0 Å². The molecule has 1 saturated carbocycles. The van der Waals surface area contributed by atoms with Crippen LogP contribution in [0.15, 0.2) is 24.3 Å². The van der Waals surface area contributed by atoms with Crippen molar-refractivity contribution in [3.63, 3.8) is 0 Å². The normalized spacial score (nSPS) is 25.1. The first-order valence-corrected chi connectivity index (χ1v) is 6.63. The molecule has 17 heavy (non-hydrogen) atoms. The Hall–Kier alpha value is -1.02. The van der Waals surface area contributed by atoms with Crippen LogP contribution in [0.2, 0.25) is 0 Å². The maximum Gasteiger partial charge on any atom is 0.118 e. The lowest BCUT2D eigenvalue weighted by Gasteiger charge is -2.38. The van der Waals surface area contributed by atoms with E-state index >= 15 is 0 Å². The van der Waals surface area contributed by atoms with Gasteiger partial charge in [-0.05, 0) is 49.8 Å². The molecule has 1 aromatic rings. The van der Waals surface area contributed by atoms with Gasteiger partial charge in [0, 0.05) is 12.1 Å². The van der Waals surface area contributed by atoms with Gasteiger partial charge in [0.15, 0.2) is 0 Å². The lowest BCUT2D eigenvalue weighted by atomic mass is 9.75. The van der Waals surface area contributed by atoms with Crippen molar-refractivity contribution < 1.29 is 4.74 Å². The second kappa shape index (κ2) is 5.54. The number of methoxy groups -OCH3 is 1. The molecule has 1 N–H and O–H groups in total. The van der Waals surface area contributed by atoms with Gasteiger partial charge in [-0.1, -0.05) is 19.1 Å². The fourth-order valence-corrected chi connectivity index (χ4v) is 2.42. The summed E-state index contributed by atoms with van der Waals surface area (Å²) >= 11 is 0. The first-order chi connectivity index (χ1) is 8.22. The van der Waals surface area contributed by atoms with Gasteiger partial charge in [0.25, 0.3) is 0 Å². The van der Waals surface area contributed by atoms with Crippen LogP contribution in [-0.2, 0) is 0 Å². The van der Waals surface area contributed by atoms with Crippen LogP contribution < -0.4 is 10.1 Å². The van der Waals surface area contributed by atoms with Crippen molar-refractivity contribution in [2.75, 3.05) is 7.11 Å². The summed E-state index contributed by atoms with van der Waals surface area (Å²) in [4.78, 5) is 0. The summed E-state index contributed by atoms with van der Waals surface area (Å²) in [5, 5.41) is 3.66. The Bertz CT molecular complexity index is 340. The first kappa shape index (κ1) is 12.4. The highest BCUT2D eigenvalue weighted by Gasteiger charge is 2.30. The van der Waals surface area contributed by atoms with Gasteiger partial charge in [-0.3, -0.25) is 0 Å². The van der Waals surface area contributed by atoms with Crippen LogP contribution in [0.3, 0.4) is 0 Å². The third kappa shape index (κ3) is 3.01. The fraction of sp³-hybridized carbons (Fsp3) is 0.600. The fourth-order valence-electron chi connectivity index (χ4n) is 2.42. The molecule has 1 atom stereocenters. The molecule has 0 amide bonds. The van der Waals surface area contributed by atoms with Crippen molar-refractivity contribution >= 4 is 0 Å². The Morgan fingerprint density at radius 3 is 2.47 bits per heavy atom. The molecule has 1 aromatic carbocycles. The van der Waals surface area contributed by atoms with Crippen LogP contribution in [0.5, 0.6) is 5.75 Å². The van der Waals surface area contributed by atoms with E-state index in [4.69, 9.17) is 4.74 Å². The third-order valence-electron chi connectivity index (χ3n) is 3.86. The standard InChI is InChI=1S/C15H23NO/c1-4-11(2)16-14-9-13(10-14)12-5-7-15(17-3)8-6-12/h5-8,11,13-14,16H,4,9-10H2,1-3H3. The van der Waals surface area contributed by atoms with Crippen LogP contribution >= 0.6 is 0 Å². The maximum absolute atomic E-state index is 5.18. The molecule has 0 aromatic heterocycles. The number of ether oxygens (including phenoxy) is 1. The smallest absolute Gasteiger partial charge is 0.118 e. The molecule has 0 heterocycles. The SMILES string of the molecule is CCC(C)NC1CC(c2ccc(OC)cc2)C1. The van der Waals surface area contributed by atoms with Crippen LogP contribution in [0, 0.1) is 0 Å². The highest BCUT2D eigenvalue weighted by molar-refractivity contribution is 5.30. The van der Waals surface area contributed by atoms with E-state index in [-0.39, 0.29) is 0 Å². The Morgan fingerprint density at radius 2 is 1.94 bits per heavy atom. The summed E-state index contributed by atoms with van der Waals surface area (Å²) in [7, 11) is 1.71. The quantitative estimate of drug-likeness (QED) is 0.842. The van der Waals surface area contributed by atoms with Crippen LogP contribution in [0.4, 0.5) is 0 Å². The van der Waals surface area contributed by atoms with Crippen molar-refractivity contribution in [2.45, 2.75) is 51.1 Å². The molecule has 0 aliphatic heterocycles. The minimum Gasteiger partial charge on any atom is -0.497 e. The summed E-state index contributed by atoms with van der Waals surface area (Å²) in [5.74, 6) is 1.69. The van der Waals surface area contributed by atoms with E-state index in [0.717, 1.165) is 17.7 Å². The Labute approximate surface area is 104 Å². The van der Waals surface area contributed by atoms with Gasteiger partial charge in [-0.15, -0.1) is 0 Å². The lowest BCUT2D eigenvalue weighted by Crippen LogP contribution is -2.44. The third-order valence-corrected chi connectivity index (χ3v) is 3.86. The topological polar surface area (TPSA) is 21.3 Å². The number of benzene rings is 1. The molecule has 2 nitrogen and oxygen atoms in total. The number of hydrogen-bond donors (Lipinski definition) is 1. The highest BCUT2D eigenvalue weighted by Crippen LogP contribution is 2.37. The van der Waals surface area contributed by atoms with Gasteiger partial charge >= 0.3 is 0 Å². The zero-order valence-corrected chi connectivity index (χ0v) is 11.1. The number of nitrogens with one attached hydrogen (secondary N) is 1. The molecular formula is C15H23NO. The molecule has 1 aliphatic carbocycles. The van der Waals surface area contributed by atoms with Crippen LogP contribution in [0.1, 0.15) is 44.6 Å². The molecule has 0 radical (unpaired) electrons. The highest BCUT2D eigenvalue weighted by atomic mass is 16.5. The Morgan fingerprint density at radius 1 is 1.29 bits per heavy atom. The van der Waals surface area contributed by atoms with E-state index < -0.39 is 0 Å². The van der Waals surface area contributed by atoms with Gasteiger partial charge in [-0.2, -0.15) is 0 Å². The van der Waals surface area contributed by atoms with E-state index in [1.165, 1.54) is 24.8 Å². The summed E-state index contributed by atoms with van der Waals surface area (Å²) in [5.41, 5.74) is 1.45. The van der Waals surface area contributed by atoms with Crippen LogP contribution in [0.25, 0.3) is 0 Å². The predicted octanol–water partition coefficient (Wildman–Crippen LogP) is 3.33. The summed E-state index contributed by atoms with van der Waals surface area (Å²) < 4.78 is 5.18. The van der Waals surface area contributed by atoms with Crippen LogP contribution in [-0.4, -0.2) is 19.2 Å². The Kier molecular flexibility index (Phi) is 4.06. The van der Waals surface area contributed by atoms with Gasteiger partial charge in [0.1, 0.15) is 5.75 Å². The van der Waals surface area contributed by atoms with Crippen molar-refractivity contribution in [3.8, 4) is 5.75 Å². The second-order valence-corrected chi connectivity index (χ2v) is 5.11. The molecule has 94 valence electrons. The van der Waals surface area contributed by atoms with E-state index in [1.807, 2.05) is 0 Å². The largest absolute Gasteiger partial charge is 0.497 e. The van der Waals surface area contributed by atoms with Gasteiger partial charge < -0.3 is 10.1 Å². The zero-order chi connectivity index (χ0) is 12.3. The zero-order valence-electron chi connectivity index (χ0n) is 11.1. The minimum atomic E-state index is 0.650. The van der Waals surface area contributed by atoms with Crippen molar-refractivity contribution in [1.29, 1.82) is 0 Å². The minimum absolute atomic E-state index is 0.650. The molecule has 0 saturated heterocycles. The molecule has 1 aliphatic rings. The van der Waals surface area contributed by atoms with E-state index in [0.29, 0.717) is 6.04 Å².